The SMILES string of the molecule is Cc1cc(N2CCOCC2(C)C)ccc1C=O. The second-order valence-corrected chi connectivity index (χ2v) is 5.18. The maximum Gasteiger partial charge on any atom is 0.150 e. The molecule has 3 nitrogen and oxygen atoms in total. The number of hydrogen-bond acceptors (Lipinski definition) is 3. The van der Waals surface area contributed by atoms with Crippen molar-refractivity contribution in [3.63, 3.8) is 0 Å². The molecule has 1 aliphatic heterocycles. The highest BCUT2D eigenvalue weighted by Crippen LogP contribution is 2.28. The molecule has 3 heteroatoms. The Kier molecular flexibility index (Phi) is 3.20. The molecule has 2 rings (SSSR count). The van der Waals surface area contributed by atoms with Crippen LogP contribution >= 0.6 is 0 Å². The molecule has 1 saturated heterocycles. The summed E-state index contributed by atoms with van der Waals surface area (Å²) < 4.78 is 5.51. The van der Waals surface area contributed by atoms with Crippen LogP contribution in [0.15, 0.2) is 18.2 Å². The lowest BCUT2D eigenvalue weighted by Crippen LogP contribution is -2.53. The van der Waals surface area contributed by atoms with Gasteiger partial charge in [-0.2, -0.15) is 0 Å². The molecule has 0 N–H and O–H groups in total. The third kappa shape index (κ3) is 2.34. The number of morpholine rings is 1. The first kappa shape index (κ1) is 12.1. The van der Waals surface area contributed by atoms with Crippen LogP contribution in [0.5, 0.6) is 0 Å². The predicted molar refractivity (Wildman–Crippen MR) is 68.8 cm³/mol. The van der Waals surface area contributed by atoms with Gasteiger partial charge in [-0.05, 0) is 44.5 Å². The Bertz CT molecular complexity index is 426. The number of carbonyl (C=O) groups excluding carboxylic acids is 1. The van der Waals surface area contributed by atoms with Crippen molar-refractivity contribution in [2.45, 2.75) is 26.3 Å². The minimum Gasteiger partial charge on any atom is -0.377 e. The van der Waals surface area contributed by atoms with Gasteiger partial charge in [-0.25, -0.2) is 0 Å². The number of hydrogen-bond donors (Lipinski definition) is 0. The zero-order valence-corrected chi connectivity index (χ0v) is 10.7. The quantitative estimate of drug-likeness (QED) is 0.735. The molecule has 0 aliphatic carbocycles. The van der Waals surface area contributed by atoms with E-state index in [4.69, 9.17) is 4.74 Å². The van der Waals surface area contributed by atoms with Crippen LogP contribution in [-0.4, -0.2) is 31.6 Å². The van der Waals surface area contributed by atoms with E-state index in [0.29, 0.717) is 0 Å². The summed E-state index contributed by atoms with van der Waals surface area (Å²) in [5, 5.41) is 0. The number of aryl methyl sites for hydroxylation is 1. The van der Waals surface area contributed by atoms with Gasteiger partial charge in [0, 0.05) is 17.8 Å². The zero-order chi connectivity index (χ0) is 12.5. The Morgan fingerprint density at radius 1 is 1.41 bits per heavy atom. The molecule has 1 aromatic carbocycles. The molecule has 1 aliphatic rings. The Morgan fingerprint density at radius 3 is 2.76 bits per heavy atom. The fourth-order valence-corrected chi connectivity index (χ4v) is 2.30. The minimum atomic E-state index is 0.00733. The second kappa shape index (κ2) is 4.49. The number of anilines is 1. The van der Waals surface area contributed by atoms with Crippen molar-refractivity contribution < 1.29 is 9.53 Å². The smallest absolute Gasteiger partial charge is 0.150 e. The zero-order valence-electron chi connectivity index (χ0n) is 10.7. The fraction of sp³-hybridized carbons (Fsp3) is 0.500. The first-order valence-electron chi connectivity index (χ1n) is 5.96. The van der Waals surface area contributed by atoms with Gasteiger partial charge < -0.3 is 9.64 Å². The van der Waals surface area contributed by atoms with E-state index in [1.807, 2.05) is 19.1 Å². The Morgan fingerprint density at radius 2 is 2.18 bits per heavy atom. The predicted octanol–water partition coefficient (Wildman–Crippen LogP) is 2.42. The summed E-state index contributed by atoms with van der Waals surface area (Å²) in [6.07, 6.45) is 0.906. The van der Waals surface area contributed by atoms with Gasteiger partial charge in [-0.1, -0.05) is 0 Å². The number of rotatable bonds is 2. The minimum absolute atomic E-state index is 0.00733. The molecule has 0 amide bonds. The second-order valence-electron chi connectivity index (χ2n) is 5.18. The average Bonchev–Trinajstić information content (AvgIpc) is 2.28. The molecule has 0 atom stereocenters. The van der Waals surface area contributed by atoms with Gasteiger partial charge in [0.25, 0.3) is 0 Å². The standard InChI is InChI=1S/C14H19NO2/c1-11-8-13(5-4-12(11)9-16)15-6-7-17-10-14(15,2)3/h4-5,8-9H,6-7,10H2,1-3H3. The van der Waals surface area contributed by atoms with Gasteiger partial charge in [0.15, 0.2) is 0 Å². The summed E-state index contributed by atoms with van der Waals surface area (Å²) in [5.41, 5.74) is 2.97. The van der Waals surface area contributed by atoms with Crippen molar-refractivity contribution in [1.82, 2.24) is 0 Å². The van der Waals surface area contributed by atoms with Crippen LogP contribution in [0.3, 0.4) is 0 Å². The Balaban J connectivity index is 2.33. The Labute approximate surface area is 102 Å². The molecule has 92 valence electrons. The monoisotopic (exact) mass is 233 g/mol. The average molecular weight is 233 g/mol. The number of nitrogens with zero attached hydrogens (tertiary/aromatic N) is 1. The Hall–Kier alpha value is -1.35. The molecule has 17 heavy (non-hydrogen) atoms. The van der Waals surface area contributed by atoms with Crippen molar-refractivity contribution in [2.24, 2.45) is 0 Å². The van der Waals surface area contributed by atoms with Crippen LogP contribution in [0.1, 0.15) is 29.8 Å². The van der Waals surface area contributed by atoms with Gasteiger partial charge in [0.1, 0.15) is 6.29 Å². The normalized spacial score (nSPS) is 19.1. The molecule has 1 aromatic rings. The highest BCUT2D eigenvalue weighted by molar-refractivity contribution is 5.78. The summed E-state index contributed by atoms with van der Waals surface area (Å²) in [7, 11) is 0. The maximum atomic E-state index is 10.8. The summed E-state index contributed by atoms with van der Waals surface area (Å²) in [6, 6.07) is 5.99. The lowest BCUT2D eigenvalue weighted by Gasteiger charge is -2.44. The van der Waals surface area contributed by atoms with Gasteiger partial charge in [-0.15, -0.1) is 0 Å². The third-order valence-electron chi connectivity index (χ3n) is 3.34. The van der Waals surface area contributed by atoms with E-state index in [2.05, 4.69) is 24.8 Å². The van der Waals surface area contributed by atoms with Crippen LogP contribution in [0.2, 0.25) is 0 Å². The van der Waals surface area contributed by atoms with Gasteiger partial charge in [0.05, 0.1) is 18.8 Å². The molecule has 0 aromatic heterocycles. The first-order chi connectivity index (χ1) is 8.04. The van der Waals surface area contributed by atoms with Crippen LogP contribution < -0.4 is 4.90 Å². The maximum absolute atomic E-state index is 10.8. The van der Waals surface area contributed by atoms with Gasteiger partial charge in [0.2, 0.25) is 0 Å². The largest absolute Gasteiger partial charge is 0.377 e. The molecule has 0 unspecified atom stereocenters. The van der Waals surface area contributed by atoms with Crippen molar-refractivity contribution >= 4 is 12.0 Å². The van der Waals surface area contributed by atoms with E-state index < -0.39 is 0 Å². The first-order valence-corrected chi connectivity index (χ1v) is 5.96. The summed E-state index contributed by atoms with van der Waals surface area (Å²) in [6.45, 7) is 8.72. The van der Waals surface area contributed by atoms with Crippen LogP contribution in [0, 0.1) is 6.92 Å². The van der Waals surface area contributed by atoms with Crippen LogP contribution in [0.25, 0.3) is 0 Å². The van der Waals surface area contributed by atoms with E-state index in [1.54, 1.807) is 0 Å². The van der Waals surface area contributed by atoms with E-state index in [1.165, 1.54) is 5.69 Å². The lowest BCUT2D eigenvalue weighted by molar-refractivity contribution is 0.0644. The van der Waals surface area contributed by atoms with Crippen molar-refractivity contribution in [3.05, 3.63) is 29.3 Å². The van der Waals surface area contributed by atoms with E-state index in [-0.39, 0.29) is 5.54 Å². The lowest BCUT2D eigenvalue weighted by atomic mass is 10.00. The summed E-state index contributed by atoms with van der Waals surface area (Å²) >= 11 is 0. The molecular formula is C14H19NO2. The molecule has 0 saturated carbocycles. The van der Waals surface area contributed by atoms with Crippen molar-refractivity contribution in [2.75, 3.05) is 24.7 Å². The fourth-order valence-electron chi connectivity index (χ4n) is 2.30. The van der Waals surface area contributed by atoms with Gasteiger partial charge >= 0.3 is 0 Å². The van der Waals surface area contributed by atoms with E-state index in [0.717, 1.165) is 37.2 Å². The number of carbonyl (C=O) groups is 1. The van der Waals surface area contributed by atoms with E-state index >= 15 is 0 Å². The number of aldehydes is 1. The highest BCUT2D eigenvalue weighted by Gasteiger charge is 2.30. The molecule has 1 fully saturated rings. The number of benzene rings is 1. The van der Waals surface area contributed by atoms with Crippen LogP contribution in [-0.2, 0) is 4.74 Å². The highest BCUT2D eigenvalue weighted by atomic mass is 16.5. The summed E-state index contributed by atoms with van der Waals surface area (Å²) in [5.74, 6) is 0. The molecule has 1 heterocycles. The van der Waals surface area contributed by atoms with Gasteiger partial charge in [-0.3, -0.25) is 4.79 Å². The van der Waals surface area contributed by atoms with Crippen molar-refractivity contribution in [1.29, 1.82) is 0 Å². The van der Waals surface area contributed by atoms with Crippen molar-refractivity contribution in [3.8, 4) is 0 Å². The topological polar surface area (TPSA) is 29.5 Å². The third-order valence-corrected chi connectivity index (χ3v) is 3.34. The molecule has 0 bridgehead atoms. The molecule has 0 spiro atoms. The molecular weight excluding hydrogens is 214 g/mol. The summed E-state index contributed by atoms with van der Waals surface area (Å²) in [4.78, 5) is 13.2. The van der Waals surface area contributed by atoms with Crippen LogP contribution in [0.4, 0.5) is 5.69 Å². The molecule has 0 radical (unpaired) electrons. The van der Waals surface area contributed by atoms with E-state index in [9.17, 15) is 4.79 Å². The number of ether oxygens (including phenoxy) is 1.